The number of aromatic nitrogens is 4. The summed E-state index contributed by atoms with van der Waals surface area (Å²) in [6, 6.07) is 13.5. The highest BCUT2D eigenvalue weighted by Crippen LogP contribution is 2.35. The van der Waals surface area contributed by atoms with Crippen molar-refractivity contribution < 1.29 is 34.1 Å². The third-order valence-electron chi connectivity index (χ3n) is 10.7. The minimum atomic E-state index is -1.19. The highest BCUT2D eigenvalue weighted by atomic mass is 16.5. The minimum absolute atomic E-state index is 0.117. The number of hydrogen-bond donors (Lipinski definition) is 5. The Labute approximate surface area is 320 Å². The summed E-state index contributed by atoms with van der Waals surface area (Å²) in [6.07, 6.45) is 2.89. The van der Waals surface area contributed by atoms with E-state index in [0.717, 1.165) is 45.7 Å². The number of aliphatic hydroxyl groups excluding tert-OH is 1. The smallest absolute Gasteiger partial charge is 0.407 e. The van der Waals surface area contributed by atoms with Gasteiger partial charge in [-0.2, -0.15) is 0 Å². The number of carboxylic acid groups (broad SMARTS) is 1. The van der Waals surface area contributed by atoms with Crippen molar-refractivity contribution in [3.8, 4) is 33.6 Å². The van der Waals surface area contributed by atoms with Crippen LogP contribution in [0.2, 0.25) is 0 Å². The van der Waals surface area contributed by atoms with Gasteiger partial charge in [-0.05, 0) is 42.2 Å². The number of amides is 4. The van der Waals surface area contributed by atoms with E-state index < -0.39 is 36.4 Å². The van der Waals surface area contributed by atoms with Crippen molar-refractivity contribution >= 4 is 24.0 Å². The quantitative estimate of drug-likeness (QED) is 0.132. The summed E-state index contributed by atoms with van der Waals surface area (Å²) in [6.45, 7) is 8.26. The molecule has 2 aromatic heterocycles. The summed E-state index contributed by atoms with van der Waals surface area (Å²) in [5.74, 6) is 0.252. The molecule has 2 fully saturated rings. The maximum atomic E-state index is 13.6. The van der Waals surface area contributed by atoms with E-state index in [1.54, 1.807) is 24.9 Å². The number of nitrogens with one attached hydrogen (secondary N) is 3. The number of aliphatic hydroxyl groups is 1. The fourth-order valence-electron chi connectivity index (χ4n) is 7.69. The lowest BCUT2D eigenvalue weighted by molar-refractivity contribution is -0.139. The summed E-state index contributed by atoms with van der Waals surface area (Å²) < 4.78 is 4.74. The number of rotatable bonds is 11. The van der Waals surface area contributed by atoms with E-state index in [1.807, 2.05) is 68.6 Å². The molecule has 2 aliphatic heterocycles. The molecule has 292 valence electrons. The van der Waals surface area contributed by atoms with Gasteiger partial charge in [-0.15, -0.1) is 0 Å². The van der Waals surface area contributed by atoms with Crippen molar-refractivity contribution in [2.24, 2.45) is 11.8 Å². The first-order valence-corrected chi connectivity index (χ1v) is 18.7. The normalized spacial score (nSPS) is 19.5. The minimum Gasteiger partial charge on any atom is -0.465 e. The molecule has 0 bridgehead atoms. The molecule has 5 N–H and O–H groups in total. The van der Waals surface area contributed by atoms with Crippen LogP contribution >= 0.6 is 0 Å². The lowest BCUT2D eigenvalue weighted by atomic mass is 10.0. The van der Waals surface area contributed by atoms with Crippen LogP contribution in [0.5, 0.6) is 0 Å². The molecule has 15 nitrogen and oxygen atoms in total. The molecule has 0 saturated carbocycles. The Balaban J connectivity index is 1.13. The van der Waals surface area contributed by atoms with Crippen LogP contribution in [0, 0.1) is 11.8 Å². The molecule has 15 heteroatoms. The van der Waals surface area contributed by atoms with Crippen molar-refractivity contribution in [1.29, 1.82) is 0 Å². The van der Waals surface area contributed by atoms with Crippen molar-refractivity contribution in [3.63, 3.8) is 0 Å². The van der Waals surface area contributed by atoms with Crippen LogP contribution in [0.15, 0.2) is 60.9 Å². The molecule has 6 rings (SSSR count). The SMILES string of the molecule is COC(=O)N[C@H](C(=O)N1CCCC1c1nc(-c2ccc(-c3ccc(-c4c[nH]c([C@@H]5[C@@H](O)CCN5C(=O)[C@H](C(C)C)N(C)C(=O)O)n4)cc3)cc2)c[nH]1)C(C)C. The molecule has 2 saturated heterocycles. The van der Waals surface area contributed by atoms with E-state index in [-0.39, 0.29) is 29.7 Å². The number of likely N-dealkylation sites (N-methyl/N-ethyl adjacent to an activating group) is 1. The van der Waals surface area contributed by atoms with Gasteiger partial charge in [0.1, 0.15) is 29.8 Å². The van der Waals surface area contributed by atoms with Gasteiger partial charge in [0, 0.05) is 43.7 Å². The van der Waals surface area contributed by atoms with Crippen LogP contribution in [-0.2, 0) is 14.3 Å². The first-order chi connectivity index (χ1) is 26.3. The second kappa shape index (κ2) is 16.3. The molecular weight excluding hydrogens is 704 g/mol. The maximum Gasteiger partial charge on any atom is 0.407 e. The van der Waals surface area contributed by atoms with E-state index in [9.17, 15) is 29.4 Å². The number of likely N-dealkylation sites (tertiary alicyclic amines) is 2. The second-order valence-corrected chi connectivity index (χ2v) is 15.0. The van der Waals surface area contributed by atoms with Gasteiger partial charge >= 0.3 is 12.2 Å². The van der Waals surface area contributed by atoms with Gasteiger partial charge in [-0.3, -0.25) is 14.5 Å². The van der Waals surface area contributed by atoms with Gasteiger partial charge in [0.2, 0.25) is 11.8 Å². The maximum absolute atomic E-state index is 13.6. The van der Waals surface area contributed by atoms with Crippen LogP contribution < -0.4 is 5.32 Å². The van der Waals surface area contributed by atoms with Crippen molar-refractivity contribution in [2.75, 3.05) is 27.2 Å². The fourth-order valence-corrected chi connectivity index (χ4v) is 7.69. The van der Waals surface area contributed by atoms with E-state index in [2.05, 4.69) is 15.3 Å². The monoisotopic (exact) mass is 754 g/mol. The highest BCUT2D eigenvalue weighted by Gasteiger charge is 2.44. The number of benzene rings is 2. The van der Waals surface area contributed by atoms with E-state index in [4.69, 9.17) is 14.7 Å². The Morgan fingerprint density at radius 3 is 1.87 bits per heavy atom. The fraction of sp³-hybridized carbons (Fsp3) is 0.450. The van der Waals surface area contributed by atoms with Gasteiger partial charge in [-0.1, -0.05) is 76.2 Å². The van der Waals surface area contributed by atoms with Gasteiger partial charge in [0.05, 0.1) is 30.6 Å². The van der Waals surface area contributed by atoms with Crippen LogP contribution in [-0.4, -0.2) is 114 Å². The van der Waals surface area contributed by atoms with Crippen LogP contribution in [0.25, 0.3) is 33.6 Å². The zero-order valence-electron chi connectivity index (χ0n) is 32.0. The molecule has 2 aliphatic rings. The molecule has 0 aliphatic carbocycles. The number of carbonyl (C=O) groups excluding carboxylic acids is 3. The Hall–Kier alpha value is -5.70. The number of methoxy groups -OCH3 is 1. The molecule has 5 atom stereocenters. The molecule has 0 spiro atoms. The standard InChI is InChI=1S/C40H50N8O7/c1-22(2)32(45-39(52)55-6)37(50)47-18-7-8-30(47)35-41-20-28(43-35)26-13-9-24(10-14-26)25-11-15-27(16-12-25)29-21-42-36(44-29)34-31(49)17-19-48(34)38(51)33(23(3)4)46(5)40(53)54/h9-16,20-23,30-34,49H,7-8,17-19H2,1-6H3,(H,41,43)(H,42,44)(H,45,52)(H,53,54)/t30?,31-,32-,33-,34-/m0/s1. The first kappa shape index (κ1) is 39.0. The topological polar surface area (TPSA) is 197 Å². The Morgan fingerprint density at radius 2 is 1.35 bits per heavy atom. The summed E-state index contributed by atoms with van der Waals surface area (Å²) in [5.41, 5.74) is 5.20. The average Bonchev–Trinajstić information content (AvgIpc) is 4.00. The third kappa shape index (κ3) is 8.07. The van der Waals surface area contributed by atoms with E-state index in [1.165, 1.54) is 19.1 Å². The van der Waals surface area contributed by atoms with Crippen molar-refractivity contribution in [1.82, 2.24) is 40.0 Å². The Morgan fingerprint density at radius 1 is 0.800 bits per heavy atom. The van der Waals surface area contributed by atoms with E-state index in [0.29, 0.717) is 36.9 Å². The molecular formula is C40H50N8O7. The third-order valence-corrected chi connectivity index (χ3v) is 10.7. The molecule has 0 radical (unpaired) electrons. The number of aromatic amines is 2. The van der Waals surface area contributed by atoms with Crippen LogP contribution in [0.1, 0.15) is 70.7 Å². The molecule has 55 heavy (non-hydrogen) atoms. The molecule has 1 unspecified atom stereocenters. The number of alkyl carbamates (subject to hydrolysis) is 1. The van der Waals surface area contributed by atoms with Crippen LogP contribution in [0.4, 0.5) is 9.59 Å². The lowest BCUT2D eigenvalue weighted by Gasteiger charge is -2.34. The average molecular weight is 755 g/mol. The first-order valence-electron chi connectivity index (χ1n) is 18.7. The van der Waals surface area contributed by atoms with Crippen LogP contribution in [0.3, 0.4) is 0 Å². The molecule has 4 aromatic rings. The van der Waals surface area contributed by atoms with E-state index >= 15 is 0 Å². The summed E-state index contributed by atoms with van der Waals surface area (Å²) in [5, 5.41) is 23.1. The Kier molecular flexibility index (Phi) is 11.6. The molecule has 4 amide bonds. The number of ether oxygens (including phenoxy) is 1. The van der Waals surface area contributed by atoms with Gasteiger partial charge in [-0.25, -0.2) is 19.6 Å². The Bertz CT molecular complexity index is 1990. The summed E-state index contributed by atoms with van der Waals surface area (Å²) in [4.78, 5) is 71.2. The van der Waals surface area contributed by atoms with Crippen molar-refractivity contribution in [3.05, 3.63) is 72.6 Å². The van der Waals surface area contributed by atoms with Gasteiger partial charge in [0.25, 0.3) is 0 Å². The number of carbonyl (C=O) groups is 4. The number of hydrogen-bond acceptors (Lipinski definition) is 8. The largest absolute Gasteiger partial charge is 0.465 e. The zero-order chi connectivity index (χ0) is 39.6. The summed E-state index contributed by atoms with van der Waals surface area (Å²) >= 11 is 0. The van der Waals surface area contributed by atoms with Gasteiger partial charge < -0.3 is 40.0 Å². The zero-order valence-corrected chi connectivity index (χ0v) is 32.0. The lowest BCUT2D eigenvalue weighted by Crippen LogP contribution is -2.52. The number of nitrogens with zero attached hydrogens (tertiary/aromatic N) is 5. The summed E-state index contributed by atoms with van der Waals surface area (Å²) in [7, 11) is 2.67. The molecule has 2 aromatic carbocycles. The highest BCUT2D eigenvalue weighted by molar-refractivity contribution is 5.87. The molecule has 4 heterocycles. The van der Waals surface area contributed by atoms with Crippen molar-refractivity contribution in [2.45, 2.75) is 77.2 Å². The van der Waals surface area contributed by atoms with Gasteiger partial charge in [0.15, 0.2) is 0 Å². The predicted octanol–water partition coefficient (Wildman–Crippen LogP) is 5.45. The number of H-pyrrole nitrogens is 2. The predicted molar refractivity (Wildman–Crippen MR) is 204 cm³/mol. The number of imidazole rings is 2. The second-order valence-electron chi connectivity index (χ2n) is 15.0.